The molecule has 0 aliphatic rings. The van der Waals surface area contributed by atoms with Gasteiger partial charge < -0.3 is 14.0 Å². The molecule has 0 aliphatic heterocycles. The van der Waals surface area contributed by atoms with Crippen molar-refractivity contribution in [2.75, 3.05) is 14.2 Å². The van der Waals surface area contributed by atoms with E-state index in [1.54, 1.807) is 21.1 Å². The minimum atomic E-state index is -0.304. The van der Waals surface area contributed by atoms with E-state index in [2.05, 4.69) is 10.3 Å². The van der Waals surface area contributed by atoms with Crippen LogP contribution in [-0.2, 0) is 6.54 Å². The van der Waals surface area contributed by atoms with Crippen LogP contribution >= 0.6 is 0 Å². The molecule has 4 rings (SSSR count). The van der Waals surface area contributed by atoms with Crippen LogP contribution in [0.5, 0.6) is 11.5 Å². The maximum atomic E-state index is 12.9. The molecule has 2 aromatic carbocycles. The molecule has 0 fully saturated rings. The molecular formula is C21H19N3O4. The molecule has 0 spiro atoms. The van der Waals surface area contributed by atoms with Gasteiger partial charge in [-0.25, -0.2) is 4.68 Å². The van der Waals surface area contributed by atoms with E-state index >= 15 is 0 Å². The second-order valence-corrected chi connectivity index (χ2v) is 6.36. The highest BCUT2D eigenvalue weighted by molar-refractivity contribution is 5.93. The summed E-state index contributed by atoms with van der Waals surface area (Å²) in [6, 6.07) is 15.0. The first-order valence-corrected chi connectivity index (χ1v) is 8.75. The van der Waals surface area contributed by atoms with E-state index in [1.807, 2.05) is 48.5 Å². The fraction of sp³-hybridized carbons (Fsp3) is 0.190. The van der Waals surface area contributed by atoms with E-state index in [1.165, 1.54) is 4.68 Å². The summed E-state index contributed by atoms with van der Waals surface area (Å²) < 4.78 is 17.3. The summed E-state index contributed by atoms with van der Waals surface area (Å²) in [4.78, 5) is 12.9. The zero-order valence-corrected chi connectivity index (χ0v) is 15.8. The second-order valence-electron chi connectivity index (χ2n) is 6.36. The molecule has 0 radical (unpaired) electrons. The lowest BCUT2D eigenvalue weighted by atomic mass is 10.1. The number of fused-ring (bicyclic) bond motifs is 1. The minimum Gasteiger partial charge on any atom is -0.497 e. The molecule has 0 saturated carbocycles. The quantitative estimate of drug-likeness (QED) is 0.530. The third-order valence-electron chi connectivity index (χ3n) is 4.57. The Morgan fingerprint density at radius 1 is 1.04 bits per heavy atom. The first kappa shape index (κ1) is 17.8. The number of rotatable bonds is 5. The summed E-state index contributed by atoms with van der Waals surface area (Å²) >= 11 is 0. The standard InChI is InChI=1S/C21H19N3O4/c1-13-18-19(15-7-5-9-17(11-15)27-3)22-24(21(25)20(18)23-28-13)12-14-6-4-8-16(10-14)26-2/h4-11H,12H2,1-3H3. The van der Waals surface area contributed by atoms with Crippen molar-refractivity contribution in [3.63, 3.8) is 0 Å². The Labute approximate surface area is 161 Å². The zero-order valence-electron chi connectivity index (χ0n) is 15.8. The van der Waals surface area contributed by atoms with E-state index in [0.29, 0.717) is 22.6 Å². The van der Waals surface area contributed by atoms with Crippen LogP contribution in [0.4, 0.5) is 0 Å². The van der Waals surface area contributed by atoms with Gasteiger partial charge in [0, 0.05) is 5.56 Å². The Kier molecular flexibility index (Phi) is 4.57. The van der Waals surface area contributed by atoms with Crippen LogP contribution in [0.3, 0.4) is 0 Å². The van der Waals surface area contributed by atoms with Gasteiger partial charge in [0.25, 0.3) is 5.56 Å². The molecule has 0 N–H and O–H groups in total. The van der Waals surface area contributed by atoms with Crippen LogP contribution in [0.2, 0.25) is 0 Å². The van der Waals surface area contributed by atoms with Crippen molar-refractivity contribution in [3.8, 4) is 22.8 Å². The molecule has 7 nitrogen and oxygen atoms in total. The van der Waals surface area contributed by atoms with E-state index in [4.69, 9.17) is 14.0 Å². The Morgan fingerprint density at radius 2 is 1.75 bits per heavy atom. The van der Waals surface area contributed by atoms with Crippen LogP contribution in [0.25, 0.3) is 22.2 Å². The Balaban J connectivity index is 1.90. The predicted octanol–water partition coefficient (Wildman–Crippen LogP) is 3.43. The normalized spacial score (nSPS) is 11.0. The Morgan fingerprint density at radius 3 is 2.50 bits per heavy atom. The predicted molar refractivity (Wildman–Crippen MR) is 105 cm³/mol. The molecule has 2 aromatic heterocycles. The molecule has 142 valence electrons. The molecule has 0 unspecified atom stereocenters. The molecule has 4 aromatic rings. The molecular weight excluding hydrogens is 358 g/mol. The zero-order chi connectivity index (χ0) is 19.7. The van der Waals surface area contributed by atoms with Gasteiger partial charge in [-0.05, 0) is 36.8 Å². The summed E-state index contributed by atoms with van der Waals surface area (Å²) in [5.41, 5.74) is 2.28. The van der Waals surface area contributed by atoms with E-state index in [0.717, 1.165) is 16.9 Å². The van der Waals surface area contributed by atoms with Crippen molar-refractivity contribution >= 4 is 10.9 Å². The van der Waals surface area contributed by atoms with Gasteiger partial charge >= 0.3 is 0 Å². The highest BCUT2D eigenvalue weighted by atomic mass is 16.5. The summed E-state index contributed by atoms with van der Waals surface area (Å²) in [5, 5.41) is 9.23. The van der Waals surface area contributed by atoms with Crippen LogP contribution < -0.4 is 15.0 Å². The summed E-state index contributed by atoms with van der Waals surface area (Å²) in [6.45, 7) is 2.06. The van der Waals surface area contributed by atoms with E-state index < -0.39 is 0 Å². The maximum absolute atomic E-state index is 12.9. The molecule has 0 saturated heterocycles. The van der Waals surface area contributed by atoms with Crippen LogP contribution in [-0.4, -0.2) is 29.2 Å². The third kappa shape index (κ3) is 3.11. The van der Waals surface area contributed by atoms with Crippen molar-refractivity contribution < 1.29 is 14.0 Å². The topological polar surface area (TPSA) is 79.4 Å². The number of aromatic nitrogens is 3. The molecule has 0 aliphatic carbocycles. The van der Waals surface area contributed by atoms with Gasteiger partial charge in [-0.2, -0.15) is 5.10 Å². The number of hydrogen-bond donors (Lipinski definition) is 0. The first-order chi connectivity index (χ1) is 13.6. The summed E-state index contributed by atoms with van der Waals surface area (Å²) in [6.07, 6.45) is 0. The van der Waals surface area contributed by atoms with Crippen LogP contribution in [0.1, 0.15) is 11.3 Å². The lowest BCUT2D eigenvalue weighted by Crippen LogP contribution is -2.24. The van der Waals surface area contributed by atoms with Crippen molar-refractivity contribution in [3.05, 3.63) is 70.2 Å². The molecule has 0 bridgehead atoms. The third-order valence-corrected chi connectivity index (χ3v) is 4.57. The lowest BCUT2D eigenvalue weighted by molar-refractivity contribution is 0.405. The van der Waals surface area contributed by atoms with Crippen molar-refractivity contribution in [1.29, 1.82) is 0 Å². The molecule has 7 heteroatoms. The van der Waals surface area contributed by atoms with Gasteiger partial charge in [0.05, 0.1) is 26.2 Å². The lowest BCUT2D eigenvalue weighted by Gasteiger charge is -2.10. The average Bonchev–Trinajstić information content (AvgIpc) is 3.12. The van der Waals surface area contributed by atoms with E-state index in [9.17, 15) is 4.79 Å². The Hall–Kier alpha value is -3.61. The van der Waals surface area contributed by atoms with Crippen molar-refractivity contribution in [2.24, 2.45) is 0 Å². The number of benzene rings is 2. The smallest absolute Gasteiger partial charge is 0.297 e. The molecule has 2 heterocycles. The van der Waals surface area contributed by atoms with Crippen LogP contribution in [0.15, 0.2) is 57.8 Å². The van der Waals surface area contributed by atoms with Gasteiger partial charge in [-0.1, -0.05) is 29.4 Å². The number of ether oxygens (including phenoxy) is 2. The molecule has 0 amide bonds. The molecule has 0 atom stereocenters. The number of methoxy groups -OCH3 is 2. The second kappa shape index (κ2) is 7.19. The number of nitrogens with zero attached hydrogens (tertiary/aromatic N) is 3. The Bertz CT molecular complexity index is 1210. The fourth-order valence-corrected chi connectivity index (χ4v) is 3.16. The largest absolute Gasteiger partial charge is 0.497 e. The van der Waals surface area contributed by atoms with Crippen molar-refractivity contribution in [2.45, 2.75) is 13.5 Å². The van der Waals surface area contributed by atoms with Gasteiger partial charge in [0.1, 0.15) is 23.0 Å². The van der Waals surface area contributed by atoms with Gasteiger partial charge in [-0.15, -0.1) is 0 Å². The van der Waals surface area contributed by atoms with Gasteiger partial charge in [0.2, 0.25) is 0 Å². The van der Waals surface area contributed by atoms with Gasteiger partial charge in [0.15, 0.2) is 5.52 Å². The number of hydrogen-bond acceptors (Lipinski definition) is 6. The molecule has 28 heavy (non-hydrogen) atoms. The first-order valence-electron chi connectivity index (χ1n) is 8.75. The maximum Gasteiger partial charge on any atom is 0.297 e. The van der Waals surface area contributed by atoms with Gasteiger partial charge in [-0.3, -0.25) is 4.79 Å². The average molecular weight is 377 g/mol. The monoisotopic (exact) mass is 377 g/mol. The minimum absolute atomic E-state index is 0.258. The highest BCUT2D eigenvalue weighted by Gasteiger charge is 2.19. The summed E-state index contributed by atoms with van der Waals surface area (Å²) in [7, 11) is 3.21. The number of aryl methyl sites for hydroxylation is 1. The van der Waals surface area contributed by atoms with Crippen molar-refractivity contribution in [1.82, 2.24) is 14.9 Å². The van der Waals surface area contributed by atoms with E-state index in [-0.39, 0.29) is 17.6 Å². The van der Waals surface area contributed by atoms with Crippen LogP contribution in [0, 0.1) is 6.92 Å². The summed E-state index contributed by atoms with van der Waals surface area (Å²) in [5.74, 6) is 1.97. The fourth-order valence-electron chi connectivity index (χ4n) is 3.16. The SMILES string of the molecule is COc1cccc(Cn2nc(-c3cccc(OC)c3)c3c(C)onc3c2=O)c1. The highest BCUT2D eigenvalue weighted by Crippen LogP contribution is 2.29.